The van der Waals surface area contributed by atoms with Crippen molar-refractivity contribution in [3.8, 4) is 0 Å². The van der Waals surface area contributed by atoms with Crippen molar-refractivity contribution in [2.24, 2.45) is 0 Å². The summed E-state index contributed by atoms with van der Waals surface area (Å²) >= 11 is 7.22. The molecule has 0 radical (unpaired) electrons. The summed E-state index contributed by atoms with van der Waals surface area (Å²) in [4.78, 5) is 2.75. The fourth-order valence-electron chi connectivity index (χ4n) is 1.76. The van der Waals surface area contributed by atoms with Crippen LogP contribution in [0.15, 0.2) is 51.1 Å². The van der Waals surface area contributed by atoms with E-state index >= 15 is 0 Å². The van der Waals surface area contributed by atoms with E-state index in [2.05, 4.69) is 69.9 Å². The summed E-state index contributed by atoms with van der Waals surface area (Å²) in [5.41, 5.74) is 0. The fraction of sp³-hybridized carbons (Fsp3) is 0.333. The van der Waals surface area contributed by atoms with Crippen LogP contribution in [0, 0.1) is 0 Å². The van der Waals surface area contributed by atoms with E-state index < -0.39 is 0 Å². The maximum atomic E-state index is 3.63. The molecule has 1 N–H and O–H groups in total. The number of benzene rings is 1. The molecule has 1 aromatic heterocycles. The molecular formula is C15H18BrNS2. The molecular weight excluding hydrogens is 338 g/mol. The van der Waals surface area contributed by atoms with Crippen molar-refractivity contribution in [2.45, 2.75) is 24.3 Å². The van der Waals surface area contributed by atoms with Crippen LogP contribution < -0.4 is 5.32 Å². The lowest BCUT2D eigenvalue weighted by atomic mass is 10.2. The Labute approximate surface area is 131 Å². The largest absolute Gasteiger partial charge is 0.309 e. The van der Waals surface area contributed by atoms with E-state index in [4.69, 9.17) is 0 Å². The first-order chi connectivity index (χ1) is 9.29. The molecule has 102 valence electrons. The third-order valence-electron chi connectivity index (χ3n) is 2.76. The van der Waals surface area contributed by atoms with Crippen molar-refractivity contribution in [3.05, 3.63) is 51.1 Å². The van der Waals surface area contributed by atoms with Crippen molar-refractivity contribution in [1.82, 2.24) is 5.32 Å². The molecule has 0 fully saturated rings. The SMILES string of the molecule is CCCNC(CSc1ccc(Br)cc1)c1cccs1. The van der Waals surface area contributed by atoms with Gasteiger partial charge < -0.3 is 5.32 Å². The predicted octanol–water partition coefficient (Wildman–Crippen LogP) is 5.34. The van der Waals surface area contributed by atoms with Gasteiger partial charge in [-0.2, -0.15) is 0 Å². The van der Waals surface area contributed by atoms with Gasteiger partial charge >= 0.3 is 0 Å². The van der Waals surface area contributed by atoms with E-state index in [1.165, 1.54) is 16.2 Å². The molecule has 2 aromatic rings. The molecule has 4 heteroatoms. The molecule has 1 atom stereocenters. The molecule has 0 bridgehead atoms. The monoisotopic (exact) mass is 355 g/mol. The molecule has 1 heterocycles. The van der Waals surface area contributed by atoms with Crippen LogP contribution in [-0.2, 0) is 0 Å². The Hall–Kier alpha value is -0.290. The zero-order valence-corrected chi connectivity index (χ0v) is 14.2. The van der Waals surface area contributed by atoms with E-state index in [0.717, 1.165) is 16.8 Å². The molecule has 0 saturated carbocycles. The Kier molecular flexibility index (Phi) is 6.44. The predicted molar refractivity (Wildman–Crippen MR) is 90.2 cm³/mol. The van der Waals surface area contributed by atoms with Crippen LogP contribution in [0.4, 0.5) is 0 Å². The van der Waals surface area contributed by atoms with Gasteiger partial charge in [0.1, 0.15) is 0 Å². The van der Waals surface area contributed by atoms with Gasteiger partial charge in [0.25, 0.3) is 0 Å². The Bertz CT molecular complexity index is 467. The lowest BCUT2D eigenvalue weighted by Gasteiger charge is -2.16. The normalized spacial score (nSPS) is 12.5. The number of hydrogen-bond acceptors (Lipinski definition) is 3. The van der Waals surface area contributed by atoms with Crippen LogP contribution in [0.25, 0.3) is 0 Å². The van der Waals surface area contributed by atoms with Gasteiger partial charge in [-0.15, -0.1) is 23.1 Å². The van der Waals surface area contributed by atoms with Crippen LogP contribution in [0.1, 0.15) is 24.3 Å². The van der Waals surface area contributed by atoms with Gasteiger partial charge in [0, 0.05) is 20.0 Å². The molecule has 0 aliphatic heterocycles. The molecule has 0 spiro atoms. The minimum absolute atomic E-state index is 0.452. The summed E-state index contributed by atoms with van der Waals surface area (Å²) < 4.78 is 1.13. The summed E-state index contributed by atoms with van der Waals surface area (Å²) in [7, 11) is 0. The quantitative estimate of drug-likeness (QED) is 0.672. The maximum Gasteiger partial charge on any atom is 0.0510 e. The van der Waals surface area contributed by atoms with E-state index in [1.54, 1.807) is 0 Å². The van der Waals surface area contributed by atoms with E-state index in [0.29, 0.717) is 6.04 Å². The first-order valence-electron chi connectivity index (χ1n) is 6.44. The minimum Gasteiger partial charge on any atom is -0.309 e. The minimum atomic E-state index is 0.452. The Balaban J connectivity index is 1.94. The van der Waals surface area contributed by atoms with Crippen LogP contribution >= 0.6 is 39.0 Å². The Morgan fingerprint density at radius 3 is 2.68 bits per heavy atom. The number of halogens is 1. The smallest absolute Gasteiger partial charge is 0.0510 e. The van der Waals surface area contributed by atoms with Crippen molar-refractivity contribution < 1.29 is 0 Å². The van der Waals surface area contributed by atoms with Crippen molar-refractivity contribution in [1.29, 1.82) is 0 Å². The maximum absolute atomic E-state index is 3.63. The number of hydrogen-bond donors (Lipinski definition) is 1. The average molecular weight is 356 g/mol. The van der Waals surface area contributed by atoms with Crippen molar-refractivity contribution in [2.75, 3.05) is 12.3 Å². The van der Waals surface area contributed by atoms with Crippen LogP contribution in [0.2, 0.25) is 0 Å². The molecule has 2 rings (SSSR count). The summed E-state index contributed by atoms with van der Waals surface area (Å²) in [6.07, 6.45) is 1.17. The number of thioether (sulfide) groups is 1. The van der Waals surface area contributed by atoms with Gasteiger partial charge in [-0.25, -0.2) is 0 Å². The number of rotatable bonds is 7. The first kappa shape index (κ1) is 15.1. The molecule has 0 aliphatic rings. The highest BCUT2D eigenvalue weighted by Crippen LogP contribution is 2.28. The lowest BCUT2D eigenvalue weighted by Crippen LogP contribution is -2.23. The molecule has 0 amide bonds. The summed E-state index contributed by atoms with van der Waals surface area (Å²) in [5, 5.41) is 5.79. The number of nitrogens with one attached hydrogen (secondary N) is 1. The highest BCUT2D eigenvalue weighted by atomic mass is 79.9. The summed E-state index contributed by atoms with van der Waals surface area (Å²) in [5.74, 6) is 1.07. The summed E-state index contributed by atoms with van der Waals surface area (Å²) in [6.45, 7) is 3.28. The molecule has 1 unspecified atom stereocenters. The molecule has 0 aliphatic carbocycles. The van der Waals surface area contributed by atoms with E-state index in [-0.39, 0.29) is 0 Å². The fourth-order valence-corrected chi connectivity index (χ4v) is 3.92. The van der Waals surface area contributed by atoms with Crippen molar-refractivity contribution >= 4 is 39.0 Å². The number of thiophene rings is 1. The highest BCUT2D eigenvalue weighted by Gasteiger charge is 2.12. The first-order valence-corrected chi connectivity index (χ1v) is 9.10. The third kappa shape index (κ3) is 4.95. The lowest BCUT2D eigenvalue weighted by molar-refractivity contribution is 0.585. The second kappa shape index (κ2) is 8.10. The topological polar surface area (TPSA) is 12.0 Å². The Morgan fingerprint density at radius 1 is 1.26 bits per heavy atom. The third-order valence-corrected chi connectivity index (χ3v) is 5.38. The van der Waals surface area contributed by atoms with Gasteiger partial charge in [-0.05, 0) is 48.7 Å². The van der Waals surface area contributed by atoms with E-state index in [9.17, 15) is 0 Å². The molecule has 1 aromatic carbocycles. The van der Waals surface area contributed by atoms with Gasteiger partial charge in [0.2, 0.25) is 0 Å². The van der Waals surface area contributed by atoms with Gasteiger partial charge in [0.15, 0.2) is 0 Å². The van der Waals surface area contributed by atoms with Gasteiger partial charge in [-0.3, -0.25) is 0 Å². The van der Waals surface area contributed by atoms with Gasteiger partial charge in [-0.1, -0.05) is 28.9 Å². The molecule has 1 nitrogen and oxygen atoms in total. The standard InChI is InChI=1S/C15H18BrNS2/c1-2-9-17-14(15-4-3-10-18-15)11-19-13-7-5-12(16)6-8-13/h3-8,10,14,17H,2,9,11H2,1H3. The highest BCUT2D eigenvalue weighted by molar-refractivity contribution is 9.10. The molecule has 0 saturated heterocycles. The van der Waals surface area contributed by atoms with Crippen molar-refractivity contribution in [3.63, 3.8) is 0 Å². The Morgan fingerprint density at radius 2 is 2.05 bits per heavy atom. The second-order valence-electron chi connectivity index (χ2n) is 4.29. The zero-order chi connectivity index (χ0) is 13.5. The van der Waals surface area contributed by atoms with Crippen LogP contribution in [-0.4, -0.2) is 12.3 Å². The van der Waals surface area contributed by atoms with Crippen LogP contribution in [0.5, 0.6) is 0 Å². The van der Waals surface area contributed by atoms with Gasteiger partial charge in [0.05, 0.1) is 6.04 Å². The van der Waals surface area contributed by atoms with Crippen LogP contribution in [0.3, 0.4) is 0 Å². The average Bonchev–Trinajstić information content (AvgIpc) is 2.95. The molecule has 19 heavy (non-hydrogen) atoms. The summed E-state index contributed by atoms with van der Waals surface area (Å²) in [6, 6.07) is 13.3. The van der Waals surface area contributed by atoms with E-state index in [1.807, 2.05) is 23.1 Å². The zero-order valence-electron chi connectivity index (χ0n) is 10.9. The second-order valence-corrected chi connectivity index (χ2v) is 7.28.